The van der Waals surface area contributed by atoms with Gasteiger partial charge in [0.2, 0.25) is 0 Å². The molecule has 0 saturated carbocycles. The summed E-state index contributed by atoms with van der Waals surface area (Å²) in [5.74, 6) is 0. The first-order chi connectivity index (χ1) is 4.86. The second-order valence-corrected chi connectivity index (χ2v) is 2.32. The Bertz CT molecular complexity index is 117. The Morgan fingerprint density at radius 3 is 2.10 bits per heavy atom. The minimum absolute atomic E-state index is 0.201. The lowest BCUT2D eigenvalue weighted by atomic mass is 9.97. The summed E-state index contributed by atoms with van der Waals surface area (Å²) in [6.45, 7) is 3.01. The molecule has 2 atom stereocenters. The summed E-state index contributed by atoms with van der Waals surface area (Å²) in [6, 6.07) is 0. The topological polar surface area (TPSA) is 36.9 Å². The van der Waals surface area contributed by atoms with E-state index in [1.807, 2.05) is 6.82 Å². The van der Waals surface area contributed by atoms with Gasteiger partial charge in [0.1, 0.15) is 0 Å². The second-order valence-electron chi connectivity index (χ2n) is 2.32. The highest BCUT2D eigenvalue weighted by Gasteiger charge is 2.40. The Morgan fingerprint density at radius 2 is 1.60 bits per heavy atom. The summed E-state index contributed by atoms with van der Waals surface area (Å²) in [5, 5.41) is 0. The smallest absolute Gasteiger partial charge is 0.382 e. The highest BCUT2D eigenvalue weighted by molar-refractivity contribution is 6.43. The number of hydrogen-bond donors (Lipinski definition) is 0. The molecule has 0 bridgehead atoms. The first kappa shape index (κ1) is 6.60. The van der Waals surface area contributed by atoms with Gasteiger partial charge in [0.15, 0.2) is 12.6 Å². The highest BCUT2D eigenvalue weighted by Crippen LogP contribution is 2.21. The van der Waals surface area contributed by atoms with E-state index in [0.717, 1.165) is 0 Å². The van der Waals surface area contributed by atoms with Crippen LogP contribution in [0.3, 0.4) is 0 Å². The minimum atomic E-state index is -0.302. The fourth-order valence-corrected chi connectivity index (χ4v) is 1.10. The summed E-state index contributed by atoms with van der Waals surface area (Å²) < 4.78 is 20.8. The summed E-state index contributed by atoms with van der Waals surface area (Å²) in [7, 11) is -0.201. The maximum Gasteiger partial charge on any atom is 0.457 e. The second kappa shape index (κ2) is 2.50. The maximum atomic E-state index is 5.20. The van der Waals surface area contributed by atoms with Crippen molar-refractivity contribution in [2.24, 2.45) is 0 Å². The third-order valence-corrected chi connectivity index (χ3v) is 1.52. The van der Waals surface area contributed by atoms with Crippen LogP contribution in [0.5, 0.6) is 0 Å². The van der Waals surface area contributed by atoms with Crippen LogP contribution in [0.25, 0.3) is 0 Å². The monoisotopic (exact) mass is 144 g/mol. The standard InChI is InChI=1S/C5H9BO4/c1-6-9-4-5(10-6)8-3-2-7-4/h4-5H,2-3H2,1H3. The molecule has 2 heterocycles. The van der Waals surface area contributed by atoms with E-state index in [9.17, 15) is 0 Å². The van der Waals surface area contributed by atoms with Gasteiger partial charge in [0.05, 0.1) is 13.2 Å². The van der Waals surface area contributed by atoms with Crippen molar-refractivity contribution in [2.45, 2.75) is 19.4 Å². The van der Waals surface area contributed by atoms with Gasteiger partial charge in [-0.2, -0.15) is 0 Å². The van der Waals surface area contributed by atoms with Gasteiger partial charge in [-0.1, -0.05) is 0 Å². The summed E-state index contributed by atoms with van der Waals surface area (Å²) in [5.41, 5.74) is 0. The van der Waals surface area contributed by atoms with Gasteiger partial charge < -0.3 is 18.8 Å². The van der Waals surface area contributed by atoms with Crippen LogP contribution in [0.15, 0.2) is 0 Å². The predicted octanol–water partition coefficient (Wildman–Crippen LogP) is -0.150. The molecule has 2 aliphatic rings. The molecule has 0 amide bonds. The zero-order valence-corrected chi connectivity index (χ0v) is 5.78. The first-order valence-corrected chi connectivity index (χ1v) is 3.40. The number of fused-ring (bicyclic) bond motifs is 1. The minimum Gasteiger partial charge on any atom is -0.382 e. The van der Waals surface area contributed by atoms with E-state index in [1.54, 1.807) is 0 Å². The quantitative estimate of drug-likeness (QED) is 0.443. The number of rotatable bonds is 0. The molecule has 2 aliphatic heterocycles. The SMILES string of the molecule is CB1OC2OCCOC2O1. The van der Waals surface area contributed by atoms with Gasteiger partial charge in [0.25, 0.3) is 0 Å². The fourth-order valence-electron chi connectivity index (χ4n) is 1.10. The zero-order valence-electron chi connectivity index (χ0n) is 5.78. The van der Waals surface area contributed by atoms with Crippen LogP contribution < -0.4 is 0 Å². The summed E-state index contributed by atoms with van der Waals surface area (Å²) in [6.07, 6.45) is -0.604. The van der Waals surface area contributed by atoms with Crippen molar-refractivity contribution >= 4 is 7.12 Å². The molecule has 2 fully saturated rings. The van der Waals surface area contributed by atoms with Crippen molar-refractivity contribution < 1.29 is 18.8 Å². The molecule has 2 rings (SSSR count). The van der Waals surface area contributed by atoms with Gasteiger partial charge in [0, 0.05) is 0 Å². The van der Waals surface area contributed by atoms with Crippen molar-refractivity contribution in [3.05, 3.63) is 0 Å². The van der Waals surface area contributed by atoms with Gasteiger partial charge in [-0.15, -0.1) is 0 Å². The van der Waals surface area contributed by atoms with Crippen molar-refractivity contribution in [3.63, 3.8) is 0 Å². The molecule has 0 aromatic heterocycles. The van der Waals surface area contributed by atoms with E-state index in [0.29, 0.717) is 13.2 Å². The van der Waals surface area contributed by atoms with Gasteiger partial charge in [-0.05, 0) is 6.82 Å². The Balaban J connectivity index is 1.97. The first-order valence-electron chi connectivity index (χ1n) is 3.40. The zero-order chi connectivity index (χ0) is 6.97. The average Bonchev–Trinajstić information content (AvgIpc) is 2.27. The predicted molar refractivity (Wildman–Crippen MR) is 33.3 cm³/mol. The van der Waals surface area contributed by atoms with Crippen molar-refractivity contribution in [2.75, 3.05) is 13.2 Å². The highest BCUT2D eigenvalue weighted by atomic mass is 16.8. The van der Waals surface area contributed by atoms with Gasteiger partial charge >= 0.3 is 7.12 Å². The van der Waals surface area contributed by atoms with Crippen LogP contribution in [0.2, 0.25) is 6.82 Å². The van der Waals surface area contributed by atoms with E-state index < -0.39 is 0 Å². The molecular weight excluding hydrogens is 135 g/mol. The molecule has 10 heavy (non-hydrogen) atoms. The van der Waals surface area contributed by atoms with Crippen LogP contribution in [-0.2, 0) is 18.8 Å². The Kier molecular flexibility index (Phi) is 1.65. The Morgan fingerprint density at radius 1 is 1.10 bits per heavy atom. The Hall–Kier alpha value is -0.0951. The normalized spacial score (nSPS) is 39.9. The van der Waals surface area contributed by atoms with Crippen LogP contribution >= 0.6 is 0 Å². The van der Waals surface area contributed by atoms with Crippen molar-refractivity contribution in [1.29, 1.82) is 0 Å². The molecule has 0 radical (unpaired) electrons. The third-order valence-electron chi connectivity index (χ3n) is 1.52. The van der Waals surface area contributed by atoms with Crippen molar-refractivity contribution in [1.82, 2.24) is 0 Å². The fraction of sp³-hybridized carbons (Fsp3) is 1.00. The Labute approximate surface area is 59.5 Å². The van der Waals surface area contributed by atoms with Crippen LogP contribution in [0, 0.1) is 0 Å². The van der Waals surface area contributed by atoms with E-state index >= 15 is 0 Å². The number of ether oxygens (including phenoxy) is 2. The average molecular weight is 144 g/mol. The lowest BCUT2D eigenvalue weighted by Crippen LogP contribution is -2.35. The molecular formula is C5H9BO4. The summed E-state index contributed by atoms with van der Waals surface area (Å²) in [4.78, 5) is 0. The molecule has 0 aliphatic carbocycles. The molecule has 0 spiro atoms. The van der Waals surface area contributed by atoms with E-state index in [4.69, 9.17) is 18.8 Å². The van der Waals surface area contributed by atoms with Crippen LogP contribution in [0.1, 0.15) is 0 Å². The van der Waals surface area contributed by atoms with E-state index in [2.05, 4.69) is 0 Å². The van der Waals surface area contributed by atoms with Gasteiger partial charge in [-0.3, -0.25) is 0 Å². The van der Waals surface area contributed by atoms with Crippen LogP contribution in [-0.4, -0.2) is 32.9 Å². The molecule has 2 unspecified atom stereocenters. The summed E-state index contributed by atoms with van der Waals surface area (Å²) >= 11 is 0. The lowest BCUT2D eigenvalue weighted by molar-refractivity contribution is -0.239. The molecule has 0 aromatic carbocycles. The lowest BCUT2D eigenvalue weighted by Gasteiger charge is -2.23. The molecule has 5 heteroatoms. The largest absolute Gasteiger partial charge is 0.457 e. The molecule has 2 saturated heterocycles. The maximum absolute atomic E-state index is 5.20. The third kappa shape index (κ3) is 1.05. The van der Waals surface area contributed by atoms with Gasteiger partial charge in [-0.25, -0.2) is 0 Å². The molecule has 56 valence electrons. The molecule has 4 nitrogen and oxygen atoms in total. The van der Waals surface area contributed by atoms with E-state index in [1.165, 1.54) is 0 Å². The van der Waals surface area contributed by atoms with Crippen LogP contribution in [0.4, 0.5) is 0 Å². The molecule has 0 aromatic rings. The van der Waals surface area contributed by atoms with E-state index in [-0.39, 0.29) is 19.7 Å². The molecule has 0 N–H and O–H groups in total. The number of hydrogen-bond acceptors (Lipinski definition) is 4. The van der Waals surface area contributed by atoms with Crippen molar-refractivity contribution in [3.8, 4) is 0 Å².